The van der Waals surface area contributed by atoms with Crippen molar-refractivity contribution in [3.8, 4) is 0 Å². The van der Waals surface area contributed by atoms with Gasteiger partial charge in [-0.05, 0) is 18.9 Å². The van der Waals surface area contributed by atoms with Gasteiger partial charge in [-0.15, -0.1) is 0 Å². The third-order valence-electron chi connectivity index (χ3n) is 1.33. The van der Waals surface area contributed by atoms with E-state index in [1.54, 1.807) is 0 Å². The average molecular weight is 132 g/mol. The van der Waals surface area contributed by atoms with Crippen LogP contribution in [0.5, 0.6) is 0 Å². The van der Waals surface area contributed by atoms with Gasteiger partial charge >= 0.3 is 8.64 Å². The fraction of sp³-hybridized carbons (Fsp3) is 1.00. The Morgan fingerprint density at radius 2 is 2.00 bits per heavy atom. The molecule has 0 bridgehead atoms. The van der Waals surface area contributed by atoms with Gasteiger partial charge in [-0.2, -0.15) is 0 Å². The minimum absolute atomic E-state index is 0.777. The van der Waals surface area contributed by atoms with E-state index >= 15 is 0 Å². The van der Waals surface area contributed by atoms with Crippen LogP contribution < -0.4 is 10.8 Å². The van der Waals surface area contributed by atoms with Gasteiger partial charge < -0.3 is 15.2 Å². The molecule has 0 radical (unpaired) electrons. The van der Waals surface area contributed by atoms with Crippen LogP contribution in [0.3, 0.4) is 0 Å². The van der Waals surface area contributed by atoms with E-state index in [-0.39, 0.29) is 0 Å². The Bertz CT molecular complexity index is 78.1. The lowest BCUT2D eigenvalue weighted by atomic mass is 10.4. The summed E-state index contributed by atoms with van der Waals surface area (Å²) in [6.07, 6.45) is 2.28. The second kappa shape index (κ2) is 2.14. The van der Waals surface area contributed by atoms with E-state index in [0.717, 1.165) is 25.5 Å². The molecule has 4 N–H and O–H groups in total. The van der Waals surface area contributed by atoms with Crippen LogP contribution in [0.15, 0.2) is 0 Å². The smallest absolute Gasteiger partial charge is 0.346 e. The first-order valence-corrected chi connectivity index (χ1v) is 5.19. The van der Waals surface area contributed by atoms with Crippen LogP contribution in [0.2, 0.25) is 6.04 Å². The number of rotatable bonds is 0. The summed E-state index contributed by atoms with van der Waals surface area (Å²) in [5.41, 5.74) is 0. The molecule has 0 amide bonds. The Balaban J connectivity index is 2.33. The Labute approximate surface area is 50.3 Å². The van der Waals surface area contributed by atoms with Gasteiger partial charge in [0.25, 0.3) is 0 Å². The van der Waals surface area contributed by atoms with E-state index in [0.29, 0.717) is 0 Å². The predicted octanol–water partition coefficient (Wildman–Crippen LogP) is -0.347. The van der Waals surface area contributed by atoms with Crippen LogP contribution in [0.4, 0.5) is 0 Å². The SMILES string of the molecule is N[Si]1(N)CCCCO1. The summed E-state index contributed by atoms with van der Waals surface area (Å²) >= 11 is 0. The minimum Gasteiger partial charge on any atom is -0.392 e. The second-order valence-corrected chi connectivity index (χ2v) is 4.96. The van der Waals surface area contributed by atoms with Crippen molar-refractivity contribution < 1.29 is 4.43 Å². The maximum atomic E-state index is 5.57. The summed E-state index contributed by atoms with van der Waals surface area (Å²) in [4.78, 5) is 0. The van der Waals surface area contributed by atoms with Crippen LogP contribution in [0.1, 0.15) is 12.8 Å². The molecule has 48 valence electrons. The summed E-state index contributed by atoms with van der Waals surface area (Å²) < 4.78 is 5.16. The maximum absolute atomic E-state index is 5.57. The van der Waals surface area contributed by atoms with Crippen molar-refractivity contribution in [2.75, 3.05) is 6.61 Å². The van der Waals surface area contributed by atoms with E-state index in [9.17, 15) is 0 Å². The van der Waals surface area contributed by atoms with Gasteiger partial charge in [0.05, 0.1) is 0 Å². The molecule has 1 aliphatic heterocycles. The number of hydrogen-bond donors (Lipinski definition) is 2. The summed E-state index contributed by atoms with van der Waals surface area (Å²) in [5.74, 6) is 0. The standard InChI is InChI=1S/C4H12N2OSi/c5-8(6)4-2-1-3-7-8/h1-6H2. The molecule has 1 aliphatic rings. The first kappa shape index (κ1) is 6.22. The van der Waals surface area contributed by atoms with Gasteiger partial charge in [0.1, 0.15) is 0 Å². The molecule has 0 aromatic rings. The van der Waals surface area contributed by atoms with Crippen LogP contribution in [0, 0.1) is 0 Å². The zero-order valence-corrected chi connectivity index (χ0v) is 5.89. The molecule has 0 atom stereocenters. The van der Waals surface area contributed by atoms with E-state index < -0.39 is 8.64 Å². The van der Waals surface area contributed by atoms with E-state index in [1.165, 1.54) is 0 Å². The summed E-state index contributed by atoms with van der Waals surface area (Å²) in [6.45, 7) is 0.777. The monoisotopic (exact) mass is 132 g/mol. The zero-order chi connectivity index (χ0) is 6.04. The van der Waals surface area contributed by atoms with Gasteiger partial charge in [-0.3, -0.25) is 0 Å². The normalized spacial score (nSPS) is 27.8. The molecule has 1 rings (SSSR count). The lowest BCUT2D eigenvalue weighted by Gasteiger charge is -2.25. The molecule has 1 heterocycles. The van der Waals surface area contributed by atoms with Gasteiger partial charge in [0, 0.05) is 6.61 Å². The zero-order valence-electron chi connectivity index (χ0n) is 4.89. The second-order valence-electron chi connectivity index (χ2n) is 2.26. The van der Waals surface area contributed by atoms with Crippen LogP contribution >= 0.6 is 0 Å². The van der Waals surface area contributed by atoms with Crippen molar-refractivity contribution in [3.63, 3.8) is 0 Å². The maximum Gasteiger partial charge on any atom is 0.346 e. The first-order chi connectivity index (χ1) is 3.71. The van der Waals surface area contributed by atoms with Crippen LogP contribution in [-0.4, -0.2) is 15.2 Å². The van der Waals surface area contributed by atoms with Crippen molar-refractivity contribution in [1.29, 1.82) is 0 Å². The Hall–Kier alpha value is 0.0969. The molecule has 0 aromatic heterocycles. The van der Waals surface area contributed by atoms with E-state index in [1.807, 2.05) is 0 Å². The molecule has 0 spiro atoms. The van der Waals surface area contributed by atoms with Crippen molar-refractivity contribution in [2.24, 2.45) is 10.8 Å². The van der Waals surface area contributed by atoms with Crippen molar-refractivity contribution in [3.05, 3.63) is 0 Å². The molecular weight excluding hydrogens is 120 g/mol. The molecular formula is C4H12N2OSi. The molecule has 1 fully saturated rings. The highest BCUT2D eigenvalue weighted by Crippen LogP contribution is 2.11. The van der Waals surface area contributed by atoms with Crippen LogP contribution in [0.25, 0.3) is 0 Å². The topological polar surface area (TPSA) is 61.3 Å². The molecule has 4 heteroatoms. The minimum atomic E-state index is -2.09. The van der Waals surface area contributed by atoms with E-state index in [4.69, 9.17) is 15.2 Å². The largest absolute Gasteiger partial charge is 0.392 e. The summed E-state index contributed by atoms with van der Waals surface area (Å²) in [5, 5.41) is 11.1. The Kier molecular flexibility index (Phi) is 1.67. The fourth-order valence-electron chi connectivity index (χ4n) is 0.838. The van der Waals surface area contributed by atoms with Gasteiger partial charge in [-0.25, -0.2) is 0 Å². The Morgan fingerprint density at radius 1 is 1.25 bits per heavy atom. The predicted molar refractivity (Wildman–Crippen MR) is 34.1 cm³/mol. The first-order valence-electron chi connectivity index (χ1n) is 2.92. The lowest BCUT2D eigenvalue weighted by molar-refractivity contribution is 0.267. The number of nitrogens with two attached hydrogens (primary N) is 2. The van der Waals surface area contributed by atoms with Gasteiger partial charge in [0.2, 0.25) is 0 Å². The molecule has 8 heavy (non-hydrogen) atoms. The summed E-state index contributed by atoms with van der Waals surface area (Å²) in [6, 6.07) is 0.924. The highest BCUT2D eigenvalue weighted by molar-refractivity contribution is 6.67. The van der Waals surface area contributed by atoms with Crippen molar-refractivity contribution in [1.82, 2.24) is 0 Å². The van der Waals surface area contributed by atoms with Gasteiger partial charge in [-0.1, -0.05) is 0 Å². The average Bonchev–Trinajstić information content (AvgIpc) is 1.65. The number of hydrogen-bond acceptors (Lipinski definition) is 3. The molecule has 0 aromatic carbocycles. The quantitative estimate of drug-likeness (QED) is 0.443. The molecule has 0 unspecified atom stereocenters. The van der Waals surface area contributed by atoms with Crippen LogP contribution in [-0.2, 0) is 4.43 Å². The fourth-order valence-corrected chi connectivity index (χ4v) is 2.31. The third kappa shape index (κ3) is 1.55. The van der Waals surface area contributed by atoms with E-state index in [2.05, 4.69) is 0 Å². The Morgan fingerprint density at radius 3 is 2.25 bits per heavy atom. The highest BCUT2D eigenvalue weighted by atomic mass is 28.4. The third-order valence-corrected chi connectivity index (χ3v) is 3.21. The van der Waals surface area contributed by atoms with Crippen molar-refractivity contribution >= 4 is 8.64 Å². The van der Waals surface area contributed by atoms with Gasteiger partial charge in [0.15, 0.2) is 0 Å². The molecule has 0 aliphatic carbocycles. The summed E-state index contributed by atoms with van der Waals surface area (Å²) in [7, 11) is -2.09. The molecule has 0 saturated carbocycles. The highest BCUT2D eigenvalue weighted by Gasteiger charge is 2.27. The molecule has 1 saturated heterocycles. The lowest BCUT2D eigenvalue weighted by Crippen LogP contribution is -2.60. The molecule has 3 nitrogen and oxygen atoms in total. The van der Waals surface area contributed by atoms with Crippen molar-refractivity contribution in [2.45, 2.75) is 18.9 Å².